The number of rotatable bonds is 1. The highest BCUT2D eigenvalue weighted by atomic mass is 19.1. The first kappa shape index (κ1) is 7.59. The highest BCUT2D eigenvalue weighted by Crippen LogP contribution is 2.26. The van der Waals surface area contributed by atoms with Crippen LogP contribution in [0.2, 0.25) is 0 Å². The van der Waals surface area contributed by atoms with Gasteiger partial charge in [-0.15, -0.1) is 0 Å². The molecular formula is C10H12FN. The standard InChI is InChI=1S/C10H12FN/c1-7(11)8-2-3-10-9(6-8)4-5-12-10/h2-3,6-7,12H,4-5H2,1H3. The summed E-state index contributed by atoms with van der Waals surface area (Å²) in [5.74, 6) is 0. The number of anilines is 1. The minimum atomic E-state index is -0.851. The van der Waals surface area contributed by atoms with Gasteiger partial charge in [0.15, 0.2) is 0 Å². The van der Waals surface area contributed by atoms with E-state index in [1.165, 1.54) is 11.3 Å². The van der Waals surface area contributed by atoms with E-state index in [9.17, 15) is 4.39 Å². The van der Waals surface area contributed by atoms with E-state index in [0.29, 0.717) is 0 Å². The van der Waals surface area contributed by atoms with Gasteiger partial charge in [-0.3, -0.25) is 0 Å². The maximum Gasteiger partial charge on any atom is 0.122 e. The zero-order chi connectivity index (χ0) is 8.55. The molecule has 64 valence electrons. The molecule has 1 atom stereocenters. The van der Waals surface area contributed by atoms with Crippen LogP contribution in [0.1, 0.15) is 24.2 Å². The Morgan fingerprint density at radius 3 is 3.08 bits per heavy atom. The van der Waals surface area contributed by atoms with Crippen LogP contribution in [-0.4, -0.2) is 6.54 Å². The van der Waals surface area contributed by atoms with Gasteiger partial charge in [-0.1, -0.05) is 12.1 Å². The molecule has 1 aromatic rings. The predicted molar refractivity (Wildman–Crippen MR) is 48.2 cm³/mol. The lowest BCUT2D eigenvalue weighted by atomic mass is 10.1. The molecule has 0 radical (unpaired) electrons. The molecule has 0 saturated heterocycles. The van der Waals surface area contributed by atoms with E-state index in [0.717, 1.165) is 18.5 Å². The van der Waals surface area contributed by atoms with Gasteiger partial charge < -0.3 is 5.32 Å². The van der Waals surface area contributed by atoms with Crippen molar-refractivity contribution in [3.63, 3.8) is 0 Å². The number of hydrogen-bond donors (Lipinski definition) is 1. The first-order chi connectivity index (χ1) is 5.77. The van der Waals surface area contributed by atoms with Crippen LogP contribution in [0.15, 0.2) is 18.2 Å². The van der Waals surface area contributed by atoms with Gasteiger partial charge in [0.2, 0.25) is 0 Å². The molecule has 0 fully saturated rings. The molecule has 0 aliphatic carbocycles. The molecule has 1 unspecified atom stereocenters. The van der Waals surface area contributed by atoms with Gasteiger partial charge >= 0.3 is 0 Å². The summed E-state index contributed by atoms with van der Waals surface area (Å²) in [6.07, 6.45) is 0.173. The molecule has 2 rings (SSSR count). The normalized spacial score (nSPS) is 16.8. The van der Waals surface area contributed by atoms with Crippen molar-refractivity contribution in [2.24, 2.45) is 0 Å². The monoisotopic (exact) mass is 165 g/mol. The number of hydrogen-bond acceptors (Lipinski definition) is 1. The summed E-state index contributed by atoms with van der Waals surface area (Å²) >= 11 is 0. The maximum absolute atomic E-state index is 12.9. The lowest BCUT2D eigenvalue weighted by molar-refractivity contribution is 0.374. The van der Waals surface area contributed by atoms with Gasteiger partial charge in [-0.2, -0.15) is 0 Å². The molecular weight excluding hydrogens is 153 g/mol. The lowest BCUT2D eigenvalue weighted by Crippen LogP contribution is -1.90. The van der Waals surface area contributed by atoms with Crippen LogP contribution in [0.3, 0.4) is 0 Å². The van der Waals surface area contributed by atoms with Crippen molar-refractivity contribution < 1.29 is 4.39 Å². The summed E-state index contributed by atoms with van der Waals surface area (Å²) in [7, 11) is 0. The van der Waals surface area contributed by atoms with Crippen molar-refractivity contribution in [2.45, 2.75) is 19.5 Å². The molecule has 1 aliphatic heterocycles. The molecule has 2 heteroatoms. The Bertz CT molecular complexity index is 294. The van der Waals surface area contributed by atoms with E-state index in [1.54, 1.807) is 6.92 Å². The van der Waals surface area contributed by atoms with Crippen LogP contribution in [0.25, 0.3) is 0 Å². The number of benzene rings is 1. The first-order valence-electron chi connectivity index (χ1n) is 4.28. The summed E-state index contributed by atoms with van der Waals surface area (Å²) in [5, 5.41) is 3.24. The summed E-state index contributed by atoms with van der Waals surface area (Å²) in [6, 6.07) is 5.77. The minimum Gasteiger partial charge on any atom is -0.384 e. The largest absolute Gasteiger partial charge is 0.384 e. The third-order valence-electron chi connectivity index (χ3n) is 2.30. The highest BCUT2D eigenvalue weighted by Gasteiger charge is 2.11. The van der Waals surface area contributed by atoms with Gasteiger partial charge in [0, 0.05) is 12.2 Å². The van der Waals surface area contributed by atoms with Crippen LogP contribution >= 0.6 is 0 Å². The Morgan fingerprint density at radius 2 is 2.33 bits per heavy atom. The van der Waals surface area contributed by atoms with Gasteiger partial charge in [-0.25, -0.2) is 4.39 Å². The Labute approximate surface area is 71.6 Å². The van der Waals surface area contributed by atoms with E-state index >= 15 is 0 Å². The minimum absolute atomic E-state index is 0.789. The van der Waals surface area contributed by atoms with Crippen LogP contribution in [-0.2, 0) is 6.42 Å². The summed E-state index contributed by atoms with van der Waals surface area (Å²) in [4.78, 5) is 0. The second kappa shape index (κ2) is 2.77. The molecule has 1 aromatic carbocycles. The number of alkyl halides is 1. The molecule has 1 N–H and O–H groups in total. The van der Waals surface area contributed by atoms with Gasteiger partial charge in [-0.05, 0) is 30.5 Å². The zero-order valence-corrected chi connectivity index (χ0v) is 7.10. The number of halogens is 1. The fourth-order valence-electron chi connectivity index (χ4n) is 1.57. The topological polar surface area (TPSA) is 12.0 Å². The van der Waals surface area contributed by atoms with Crippen molar-refractivity contribution in [3.8, 4) is 0 Å². The first-order valence-corrected chi connectivity index (χ1v) is 4.28. The number of nitrogens with one attached hydrogen (secondary N) is 1. The molecule has 0 saturated carbocycles. The van der Waals surface area contributed by atoms with E-state index in [-0.39, 0.29) is 0 Å². The Hall–Kier alpha value is -1.05. The summed E-state index contributed by atoms with van der Waals surface area (Å²) < 4.78 is 12.9. The SMILES string of the molecule is CC(F)c1ccc2c(c1)CCN2. The average molecular weight is 165 g/mol. The number of fused-ring (bicyclic) bond motifs is 1. The van der Waals surface area contributed by atoms with Crippen LogP contribution in [0, 0.1) is 0 Å². The Balaban J connectivity index is 2.39. The second-order valence-corrected chi connectivity index (χ2v) is 3.21. The van der Waals surface area contributed by atoms with Crippen LogP contribution in [0.5, 0.6) is 0 Å². The van der Waals surface area contributed by atoms with Crippen LogP contribution in [0.4, 0.5) is 10.1 Å². The molecule has 1 nitrogen and oxygen atoms in total. The summed E-state index contributed by atoms with van der Waals surface area (Å²) in [5.41, 5.74) is 3.20. The third-order valence-corrected chi connectivity index (χ3v) is 2.30. The van der Waals surface area contributed by atoms with E-state index in [2.05, 4.69) is 5.32 Å². The van der Waals surface area contributed by atoms with Crippen molar-refractivity contribution in [1.82, 2.24) is 0 Å². The fraction of sp³-hybridized carbons (Fsp3) is 0.400. The molecule has 0 aromatic heterocycles. The van der Waals surface area contributed by atoms with E-state index in [1.807, 2.05) is 18.2 Å². The Kier molecular flexibility index (Phi) is 1.75. The summed E-state index contributed by atoms with van der Waals surface area (Å²) in [6.45, 7) is 2.56. The Morgan fingerprint density at radius 1 is 1.50 bits per heavy atom. The molecule has 12 heavy (non-hydrogen) atoms. The maximum atomic E-state index is 12.9. The molecule has 0 spiro atoms. The quantitative estimate of drug-likeness (QED) is 0.674. The van der Waals surface area contributed by atoms with Crippen molar-refractivity contribution >= 4 is 5.69 Å². The smallest absolute Gasteiger partial charge is 0.122 e. The molecule has 1 heterocycles. The lowest BCUT2D eigenvalue weighted by Gasteiger charge is -2.04. The van der Waals surface area contributed by atoms with E-state index < -0.39 is 6.17 Å². The van der Waals surface area contributed by atoms with Crippen molar-refractivity contribution in [1.29, 1.82) is 0 Å². The molecule has 0 amide bonds. The van der Waals surface area contributed by atoms with Crippen LogP contribution < -0.4 is 5.32 Å². The third kappa shape index (κ3) is 1.17. The predicted octanol–water partition coefficient (Wildman–Crippen LogP) is 2.69. The average Bonchev–Trinajstić information content (AvgIpc) is 2.49. The molecule has 1 aliphatic rings. The van der Waals surface area contributed by atoms with Gasteiger partial charge in [0.1, 0.15) is 6.17 Å². The molecule has 0 bridgehead atoms. The highest BCUT2D eigenvalue weighted by molar-refractivity contribution is 5.56. The van der Waals surface area contributed by atoms with Crippen molar-refractivity contribution in [2.75, 3.05) is 11.9 Å². The van der Waals surface area contributed by atoms with Gasteiger partial charge in [0.25, 0.3) is 0 Å². The van der Waals surface area contributed by atoms with E-state index in [4.69, 9.17) is 0 Å². The zero-order valence-electron chi connectivity index (χ0n) is 7.10. The second-order valence-electron chi connectivity index (χ2n) is 3.21. The van der Waals surface area contributed by atoms with Gasteiger partial charge in [0.05, 0.1) is 0 Å². The van der Waals surface area contributed by atoms with Crippen molar-refractivity contribution in [3.05, 3.63) is 29.3 Å². The fourth-order valence-corrected chi connectivity index (χ4v) is 1.57.